The fourth-order valence-electron chi connectivity index (χ4n) is 14.2. The van der Waals surface area contributed by atoms with Crippen molar-refractivity contribution >= 4 is 106 Å². The molecule has 0 saturated carbocycles. The third-order valence-corrected chi connectivity index (χ3v) is 20.8. The number of aliphatic hydroxyl groups is 2. The summed E-state index contributed by atoms with van der Waals surface area (Å²) in [4.78, 5) is 256. The number of hydrogen-bond acceptors (Lipinski definition) is 23. The SMILES string of the molecule is CC[C@H](C)[C@H](NC(=O)[C@H](CCCCN)NC(=O)[C@H](CO)NC(=O)[C@H](CC(N)=O)NC(=O)[C@H](CCC(N)=O)NC(=O)[C@@H]1CCCN1)C(=O)N1CCC[C@H]1C(=O)NCC(=O)N1CCC[C@H]1C(=O)N[C@H](C(=O)N[C@@H](Cc1ccccc1)C(=O)N[C@@H](CC(C)C)C(=O)N[C@@H](CC(=O)O)C(=O)N1CCC[C@H]1C(=O)N[C@@H](Cc1cnc[nH]1)C(=O)O)[C@@H](C)O. The van der Waals surface area contributed by atoms with Gasteiger partial charge in [-0.1, -0.05) is 64.4 Å². The molecule has 0 aliphatic carbocycles. The Bertz CT molecular complexity index is 3830. The van der Waals surface area contributed by atoms with Crippen LogP contribution in [0.5, 0.6) is 0 Å². The van der Waals surface area contributed by atoms with Gasteiger partial charge in [-0.15, -0.1) is 0 Å². The molecule has 23 N–H and O–H groups in total. The predicted octanol–water partition coefficient (Wildman–Crippen LogP) is -6.82. The average molecular weight is 1650 g/mol. The second-order valence-electron chi connectivity index (χ2n) is 30.3. The minimum atomic E-state index is -1.84. The molecule has 0 radical (unpaired) electrons. The lowest BCUT2D eigenvalue weighted by Gasteiger charge is -2.32. The second-order valence-corrected chi connectivity index (χ2v) is 30.3. The van der Waals surface area contributed by atoms with Gasteiger partial charge in [0, 0.05) is 50.8 Å². The number of benzene rings is 1. The van der Waals surface area contributed by atoms with E-state index < -0.39 is 229 Å². The van der Waals surface area contributed by atoms with Crippen molar-refractivity contribution in [3.8, 4) is 0 Å². The van der Waals surface area contributed by atoms with Crippen molar-refractivity contribution in [3.63, 3.8) is 0 Å². The van der Waals surface area contributed by atoms with Crippen LogP contribution in [0, 0.1) is 11.8 Å². The molecule has 16 atom stereocenters. The molecule has 2 aromatic rings. The van der Waals surface area contributed by atoms with E-state index >= 15 is 0 Å². The number of carbonyl (C=O) groups is 18. The van der Waals surface area contributed by atoms with E-state index in [1.165, 1.54) is 24.3 Å². The van der Waals surface area contributed by atoms with Gasteiger partial charge in [0.15, 0.2) is 0 Å². The number of rotatable bonds is 47. The minimum Gasteiger partial charge on any atom is -0.481 e. The zero-order valence-electron chi connectivity index (χ0n) is 66.4. The lowest BCUT2D eigenvalue weighted by molar-refractivity contribution is -0.147. The van der Waals surface area contributed by atoms with Gasteiger partial charge >= 0.3 is 11.9 Å². The third-order valence-electron chi connectivity index (χ3n) is 20.8. The van der Waals surface area contributed by atoms with E-state index in [1.807, 2.05) is 0 Å². The molecule has 42 nitrogen and oxygen atoms in total. The molecule has 0 bridgehead atoms. The number of hydrogen-bond donors (Lipinski definition) is 20. The van der Waals surface area contributed by atoms with Gasteiger partial charge in [-0.25, -0.2) is 9.78 Å². The highest BCUT2D eigenvalue weighted by Crippen LogP contribution is 2.25. The molecule has 4 aliphatic heterocycles. The maximum atomic E-state index is 14.7. The van der Waals surface area contributed by atoms with E-state index in [4.69, 9.17) is 17.2 Å². The molecule has 16 amide bonds. The Morgan fingerprint density at radius 2 is 1.08 bits per heavy atom. The highest BCUT2D eigenvalue weighted by atomic mass is 16.4. The highest BCUT2D eigenvalue weighted by Gasteiger charge is 2.45. The number of aliphatic hydroxyl groups excluding tert-OH is 2. The molecular formula is C75H114N20O22. The lowest BCUT2D eigenvalue weighted by Crippen LogP contribution is -2.62. The van der Waals surface area contributed by atoms with Crippen LogP contribution in [0.15, 0.2) is 42.9 Å². The number of likely N-dealkylation sites (tertiary alicyclic amines) is 3. The van der Waals surface area contributed by atoms with Crippen molar-refractivity contribution in [2.75, 3.05) is 45.9 Å². The number of nitrogens with one attached hydrogen (secondary N) is 13. The summed E-state index contributed by atoms with van der Waals surface area (Å²) in [5.41, 5.74) is 17.4. The molecule has 5 heterocycles. The Kier molecular flexibility index (Phi) is 37.6. The zero-order valence-corrected chi connectivity index (χ0v) is 66.4. The van der Waals surface area contributed by atoms with Gasteiger partial charge in [-0.2, -0.15) is 0 Å². The number of primary amides is 2. The number of H-pyrrole nitrogens is 1. The van der Waals surface area contributed by atoms with Crippen LogP contribution in [0.25, 0.3) is 0 Å². The van der Waals surface area contributed by atoms with Crippen molar-refractivity contribution in [3.05, 3.63) is 54.1 Å². The first kappa shape index (κ1) is 94.6. The Labute approximate surface area is 675 Å². The van der Waals surface area contributed by atoms with Gasteiger partial charge in [0.05, 0.1) is 44.5 Å². The first-order valence-corrected chi connectivity index (χ1v) is 39.5. The van der Waals surface area contributed by atoms with Crippen LogP contribution in [0.3, 0.4) is 0 Å². The van der Waals surface area contributed by atoms with E-state index in [0.717, 1.165) is 9.80 Å². The van der Waals surface area contributed by atoms with Crippen LogP contribution in [0.2, 0.25) is 0 Å². The highest BCUT2D eigenvalue weighted by molar-refractivity contribution is 6.02. The smallest absolute Gasteiger partial charge is 0.326 e. The number of carboxylic acid groups (broad SMARTS) is 2. The van der Waals surface area contributed by atoms with Gasteiger partial charge < -0.3 is 121 Å². The summed E-state index contributed by atoms with van der Waals surface area (Å²) in [6, 6.07) is -12.0. The molecule has 117 heavy (non-hydrogen) atoms. The molecule has 4 saturated heterocycles. The quantitative estimate of drug-likeness (QED) is 0.0274. The Hall–Kier alpha value is -11.3. The number of carbonyl (C=O) groups excluding carboxylic acids is 16. The molecule has 1 aromatic carbocycles. The summed E-state index contributed by atoms with van der Waals surface area (Å²) < 4.78 is 0. The Morgan fingerprint density at radius 3 is 1.65 bits per heavy atom. The molecule has 4 fully saturated rings. The summed E-state index contributed by atoms with van der Waals surface area (Å²) >= 11 is 0. The van der Waals surface area contributed by atoms with Gasteiger partial charge in [0.25, 0.3) is 0 Å². The number of aromatic nitrogens is 2. The van der Waals surface area contributed by atoms with Crippen molar-refractivity contribution in [2.24, 2.45) is 29.0 Å². The van der Waals surface area contributed by atoms with E-state index in [0.29, 0.717) is 49.9 Å². The van der Waals surface area contributed by atoms with E-state index in [2.05, 4.69) is 73.8 Å². The predicted molar refractivity (Wildman–Crippen MR) is 413 cm³/mol. The molecule has 42 heteroatoms. The standard InChI is InChI=1S/C75H114N20O22/c1-6-40(4)60(91-64(105)45(18-10-11-25-76)83-68(109)52(37-96)90-67(108)49(33-57(78)99)86-63(104)46(23-24-56(77)98)84-62(103)44-19-12-26-80-44)74(115)95-29-14-20-53(95)69(110)81-36-58(100)93-27-13-21-54(93)71(112)92-61(41(5)97)72(113)87-48(31-42-16-8-7-9-17-42)66(107)85-47(30-39(2)3)65(106)88-50(34-59(101)102)73(114)94-28-15-22-55(94)70(111)89-51(75(116)117)32-43-35-79-38-82-43/h7-9,16-17,35,38-41,44-55,60-61,80,96-97H,6,10-15,18-34,36-37,76H2,1-5H3,(H2,77,98)(H2,78,99)(H,79,82)(H,81,110)(H,83,109)(H,84,103)(H,85,107)(H,86,104)(H,87,113)(H,88,106)(H,89,111)(H,90,108)(H,91,105)(H,92,112)(H,101,102)(H,116,117)/t40-,41+,44-,45-,46-,47-,48-,49-,50-,51-,52-,53-,54-,55-,60-,61-/m0/s1. The first-order valence-electron chi connectivity index (χ1n) is 39.5. The van der Waals surface area contributed by atoms with Gasteiger partial charge in [0.2, 0.25) is 94.5 Å². The lowest BCUT2D eigenvalue weighted by atomic mass is 9.96. The Morgan fingerprint density at radius 1 is 0.538 bits per heavy atom. The van der Waals surface area contributed by atoms with Crippen LogP contribution in [0.4, 0.5) is 0 Å². The molecule has 0 unspecified atom stereocenters. The largest absolute Gasteiger partial charge is 0.481 e. The summed E-state index contributed by atoms with van der Waals surface area (Å²) in [5, 5.41) is 71.8. The van der Waals surface area contributed by atoms with Crippen LogP contribution in [-0.2, 0) is 99.1 Å². The minimum absolute atomic E-state index is 0.000935. The summed E-state index contributed by atoms with van der Waals surface area (Å²) in [6.45, 7) is 6.90. The van der Waals surface area contributed by atoms with Crippen molar-refractivity contribution in [1.29, 1.82) is 0 Å². The number of imidazole rings is 1. The van der Waals surface area contributed by atoms with Gasteiger partial charge in [0.1, 0.15) is 78.5 Å². The number of nitrogens with two attached hydrogens (primary N) is 3. The maximum Gasteiger partial charge on any atom is 0.326 e. The first-order chi connectivity index (χ1) is 55.5. The van der Waals surface area contributed by atoms with Crippen molar-refractivity contribution in [1.82, 2.24) is 88.5 Å². The van der Waals surface area contributed by atoms with E-state index in [9.17, 15) is 107 Å². The molecule has 6 rings (SSSR count). The van der Waals surface area contributed by atoms with Crippen LogP contribution < -0.4 is 81.0 Å². The fraction of sp³-hybridized carbons (Fsp3) is 0.640. The fourth-order valence-corrected chi connectivity index (χ4v) is 14.2. The Balaban J connectivity index is 1.09. The third kappa shape index (κ3) is 28.9. The van der Waals surface area contributed by atoms with E-state index in [1.54, 1.807) is 58.0 Å². The monoisotopic (exact) mass is 1650 g/mol. The molecular weight excluding hydrogens is 1530 g/mol. The molecule has 1 aromatic heterocycles. The summed E-state index contributed by atoms with van der Waals surface area (Å²) in [7, 11) is 0. The van der Waals surface area contributed by atoms with Crippen molar-refractivity contribution < 1.29 is 107 Å². The number of aliphatic carboxylic acids is 2. The average Bonchev–Trinajstić information content (AvgIpc) is 1.73. The summed E-state index contributed by atoms with van der Waals surface area (Å²) in [5.74, 6) is -18.6. The van der Waals surface area contributed by atoms with Gasteiger partial charge in [-0.3, -0.25) is 81.5 Å². The number of aromatic amines is 1. The summed E-state index contributed by atoms with van der Waals surface area (Å²) in [6.07, 6.45) is 1.06. The zero-order chi connectivity index (χ0) is 86.3. The molecule has 4 aliphatic rings. The normalized spacial score (nSPS) is 19.5. The number of nitrogens with zero attached hydrogens (tertiary/aromatic N) is 4. The second kappa shape index (κ2) is 46.5. The molecule has 0 spiro atoms. The maximum absolute atomic E-state index is 14.7. The topological polar surface area (TPSA) is 649 Å². The van der Waals surface area contributed by atoms with Crippen LogP contribution in [0.1, 0.15) is 155 Å². The number of unbranched alkanes of at least 4 members (excludes halogenated alkanes) is 1. The molecule has 646 valence electrons. The number of carboxylic acids is 2. The van der Waals surface area contributed by atoms with Gasteiger partial charge in [-0.05, 0) is 121 Å². The van der Waals surface area contributed by atoms with Crippen LogP contribution in [-0.4, -0.2) is 288 Å². The number of amides is 16. The van der Waals surface area contributed by atoms with Crippen LogP contribution >= 0.6 is 0 Å². The van der Waals surface area contributed by atoms with Crippen molar-refractivity contribution in [2.45, 2.75) is 247 Å². The van der Waals surface area contributed by atoms with E-state index in [-0.39, 0.29) is 109 Å².